The lowest BCUT2D eigenvalue weighted by Crippen LogP contribution is -2.41. The van der Waals surface area contributed by atoms with Crippen LogP contribution in [0.5, 0.6) is 0 Å². The summed E-state index contributed by atoms with van der Waals surface area (Å²) in [4.78, 5) is 0. The van der Waals surface area contributed by atoms with Gasteiger partial charge in [0.05, 0.1) is 12.3 Å². The molecule has 0 aliphatic carbocycles. The van der Waals surface area contributed by atoms with Gasteiger partial charge in [-0.15, -0.1) is 0 Å². The van der Waals surface area contributed by atoms with Crippen LogP contribution in [0.15, 0.2) is 11.2 Å². The van der Waals surface area contributed by atoms with E-state index in [-0.39, 0.29) is 17.2 Å². The molecule has 114 valence electrons. The highest BCUT2D eigenvalue weighted by Gasteiger charge is 2.27. The highest BCUT2D eigenvalue weighted by atomic mass is 32.2. The van der Waals surface area contributed by atoms with E-state index in [1.807, 2.05) is 13.8 Å². The minimum atomic E-state index is -3.56. The fraction of sp³-hybridized carbons (Fsp3) is 0.750. The predicted octanol–water partition coefficient (Wildman–Crippen LogP) is 0.365. The topological polar surface area (TPSA) is 96.1 Å². The first-order chi connectivity index (χ1) is 9.53. The molecule has 0 aromatic carbocycles. The summed E-state index contributed by atoms with van der Waals surface area (Å²) < 4.78 is 33.0. The molecule has 7 nitrogen and oxygen atoms in total. The van der Waals surface area contributed by atoms with Gasteiger partial charge in [0.25, 0.3) is 10.0 Å². The van der Waals surface area contributed by atoms with Gasteiger partial charge in [-0.2, -0.15) is 5.10 Å². The zero-order valence-corrected chi connectivity index (χ0v) is 12.7. The fourth-order valence-electron chi connectivity index (χ4n) is 2.30. The minimum absolute atomic E-state index is 0.0828. The zero-order valence-electron chi connectivity index (χ0n) is 11.8. The number of nitrogens with one attached hydrogen (secondary N) is 3. The van der Waals surface area contributed by atoms with E-state index >= 15 is 0 Å². The van der Waals surface area contributed by atoms with Crippen molar-refractivity contribution < 1.29 is 13.2 Å². The summed E-state index contributed by atoms with van der Waals surface area (Å²) in [7, 11) is -3.56. The van der Waals surface area contributed by atoms with Crippen LogP contribution in [0.4, 0.5) is 0 Å². The summed E-state index contributed by atoms with van der Waals surface area (Å²) in [6.07, 6.45) is 3.01. The maximum absolute atomic E-state index is 12.4. The largest absolute Gasteiger partial charge is 0.378 e. The van der Waals surface area contributed by atoms with E-state index in [0.29, 0.717) is 31.6 Å². The molecule has 0 spiro atoms. The molecule has 0 saturated carbocycles. The van der Waals surface area contributed by atoms with E-state index in [2.05, 4.69) is 20.2 Å². The standard InChI is InChI=1S/C12H22N4O3S/c1-3-13-7-10-8-14-15-12(10)20(17,18)16-11-4-5-19-9(2)6-11/h8-9,11,13,16H,3-7H2,1-2H3,(H,14,15). The van der Waals surface area contributed by atoms with E-state index in [9.17, 15) is 8.42 Å². The van der Waals surface area contributed by atoms with Crippen molar-refractivity contribution in [2.24, 2.45) is 0 Å². The van der Waals surface area contributed by atoms with Gasteiger partial charge < -0.3 is 10.1 Å². The number of nitrogens with zero attached hydrogens (tertiary/aromatic N) is 1. The molecule has 2 heterocycles. The zero-order chi connectivity index (χ0) is 14.6. The molecule has 1 aliphatic heterocycles. The SMILES string of the molecule is CCNCc1cn[nH]c1S(=O)(=O)NC1CCOC(C)C1. The van der Waals surface area contributed by atoms with Gasteiger partial charge in [-0.05, 0) is 26.3 Å². The smallest absolute Gasteiger partial charge is 0.258 e. The molecule has 0 amide bonds. The Morgan fingerprint density at radius 3 is 3.05 bits per heavy atom. The Bertz CT molecular complexity index is 529. The van der Waals surface area contributed by atoms with Gasteiger partial charge in [0.1, 0.15) is 0 Å². The van der Waals surface area contributed by atoms with Gasteiger partial charge in [0.2, 0.25) is 0 Å². The van der Waals surface area contributed by atoms with Gasteiger partial charge in [0, 0.05) is 24.8 Å². The molecule has 2 atom stereocenters. The molecule has 1 saturated heterocycles. The molecule has 0 radical (unpaired) electrons. The number of sulfonamides is 1. The fourth-order valence-corrected chi connectivity index (χ4v) is 3.71. The average molecular weight is 302 g/mol. The number of ether oxygens (including phenoxy) is 1. The van der Waals surface area contributed by atoms with Crippen molar-refractivity contribution >= 4 is 10.0 Å². The van der Waals surface area contributed by atoms with Gasteiger partial charge in [-0.1, -0.05) is 6.92 Å². The second-order valence-corrected chi connectivity index (χ2v) is 6.68. The maximum atomic E-state index is 12.4. The van der Waals surface area contributed by atoms with E-state index in [1.54, 1.807) is 6.20 Å². The van der Waals surface area contributed by atoms with E-state index in [1.165, 1.54) is 0 Å². The molecule has 0 bridgehead atoms. The van der Waals surface area contributed by atoms with Gasteiger partial charge >= 0.3 is 0 Å². The molecule has 1 aromatic heterocycles. The number of aromatic nitrogens is 2. The third-order valence-corrected chi connectivity index (χ3v) is 4.85. The first-order valence-electron chi connectivity index (χ1n) is 6.89. The number of H-pyrrole nitrogens is 1. The van der Waals surface area contributed by atoms with E-state index in [0.717, 1.165) is 6.54 Å². The Hall–Kier alpha value is -0.960. The summed E-state index contributed by atoms with van der Waals surface area (Å²) in [5.74, 6) is 0. The summed E-state index contributed by atoms with van der Waals surface area (Å²) >= 11 is 0. The van der Waals surface area contributed by atoms with E-state index in [4.69, 9.17) is 4.74 Å². The van der Waals surface area contributed by atoms with Crippen molar-refractivity contribution in [3.05, 3.63) is 11.8 Å². The molecular formula is C12H22N4O3S. The molecule has 1 aliphatic rings. The van der Waals surface area contributed by atoms with Crippen LogP contribution >= 0.6 is 0 Å². The summed E-state index contributed by atoms with van der Waals surface area (Å²) in [5, 5.41) is 9.68. The van der Waals surface area contributed by atoms with Crippen molar-refractivity contribution in [3.8, 4) is 0 Å². The van der Waals surface area contributed by atoms with Crippen molar-refractivity contribution in [1.29, 1.82) is 0 Å². The molecule has 1 fully saturated rings. The number of hydrogen-bond acceptors (Lipinski definition) is 5. The van der Waals surface area contributed by atoms with Gasteiger partial charge in [0.15, 0.2) is 5.03 Å². The number of rotatable bonds is 6. The molecule has 20 heavy (non-hydrogen) atoms. The first-order valence-corrected chi connectivity index (χ1v) is 8.38. The lowest BCUT2D eigenvalue weighted by atomic mass is 10.1. The third-order valence-electron chi connectivity index (χ3n) is 3.32. The molecular weight excluding hydrogens is 280 g/mol. The van der Waals surface area contributed by atoms with Crippen LogP contribution < -0.4 is 10.0 Å². The van der Waals surface area contributed by atoms with Crippen LogP contribution in [0.2, 0.25) is 0 Å². The third kappa shape index (κ3) is 3.78. The van der Waals surface area contributed by atoms with Crippen LogP contribution in [0.3, 0.4) is 0 Å². The van der Waals surface area contributed by atoms with Crippen molar-refractivity contribution in [2.45, 2.75) is 50.4 Å². The van der Waals surface area contributed by atoms with Crippen molar-refractivity contribution in [1.82, 2.24) is 20.2 Å². The Balaban J connectivity index is 2.08. The van der Waals surface area contributed by atoms with E-state index < -0.39 is 10.0 Å². The minimum Gasteiger partial charge on any atom is -0.378 e. The molecule has 2 unspecified atom stereocenters. The van der Waals surface area contributed by atoms with Crippen molar-refractivity contribution in [3.63, 3.8) is 0 Å². The average Bonchev–Trinajstić information content (AvgIpc) is 2.85. The lowest BCUT2D eigenvalue weighted by Gasteiger charge is -2.27. The second kappa shape index (κ2) is 6.66. The van der Waals surface area contributed by atoms with Gasteiger partial charge in [-0.25, -0.2) is 13.1 Å². The highest BCUT2D eigenvalue weighted by molar-refractivity contribution is 7.89. The Labute approximate surface area is 119 Å². The molecule has 2 rings (SSSR count). The summed E-state index contributed by atoms with van der Waals surface area (Å²) in [6.45, 7) is 5.76. The van der Waals surface area contributed by atoms with Crippen LogP contribution in [0, 0.1) is 0 Å². The maximum Gasteiger partial charge on any atom is 0.258 e. The van der Waals surface area contributed by atoms with Gasteiger partial charge in [-0.3, -0.25) is 5.10 Å². The number of hydrogen-bond donors (Lipinski definition) is 3. The van der Waals surface area contributed by atoms with Crippen LogP contribution in [0.1, 0.15) is 32.3 Å². The lowest BCUT2D eigenvalue weighted by molar-refractivity contribution is 0.0173. The summed E-state index contributed by atoms with van der Waals surface area (Å²) in [6, 6.07) is -0.0842. The Kier molecular flexibility index (Phi) is 5.14. The Morgan fingerprint density at radius 1 is 1.55 bits per heavy atom. The highest BCUT2D eigenvalue weighted by Crippen LogP contribution is 2.17. The monoisotopic (exact) mass is 302 g/mol. The summed E-state index contributed by atoms with van der Waals surface area (Å²) in [5.41, 5.74) is 0.652. The van der Waals surface area contributed by atoms with Crippen molar-refractivity contribution in [2.75, 3.05) is 13.2 Å². The Morgan fingerprint density at radius 2 is 2.35 bits per heavy atom. The number of aromatic amines is 1. The first kappa shape index (κ1) is 15.4. The quantitative estimate of drug-likeness (QED) is 0.705. The van der Waals surface area contributed by atoms with Crippen LogP contribution in [-0.4, -0.2) is 43.9 Å². The second-order valence-electron chi connectivity index (χ2n) is 5.03. The normalized spacial score (nSPS) is 23.9. The van der Waals surface area contributed by atoms with Crippen LogP contribution in [0.25, 0.3) is 0 Å². The molecule has 1 aromatic rings. The molecule has 8 heteroatoms. The van der Waals surface area contributed by atoms with Crippen LogP contribution in [-0.2, 0) is 21.3 Å². The predicted molar refractivity (Wildman–Crippen MR) is 74.7 cm³/mol. The molecule has 3 N–H and O–H groups in total.